The molecule has 0 saturated carbocycles. The van der Waals surface area contributed by atoms with Gasteiger partial charge in [0.2, 0.25) is 5.91 Å². The van der Waals surface area contributed by atoms with Crippen LogP contribution in [0, 0.1) is 5.82 Å². The smallest absolute Gasteiger partial charge is 0.239 e. The fourth-order valence-corrected chi connectivity index (χ4v) is 2.54. The molecule has 1 aromatic carbocycles. The molecule has 0 bridgehead atoms. The van der Waals surface area contributed by atoms with E-state index in [0.29, 0.717) is 18.0 Å². The van der Waals surface area contributed by atoms with Crippen molar-refractivity contribution in [3.05, 3.63) is 35.7 Å². The van der Waals surface area contributed by atoms with Crippen LogP contribution in [-0.2, 0) is 4.79 Å². The van der Waals surface area contributed by atoms with Crippen LogP contribution >= 0.6 is 0 Å². The summed E-state index contributed by atoms with van der Waals surface area (Å²) < 4.78 is 18.2. The molecule has 1 aliphatic rings. The Morgan fingerprint density at radius 2 is 2.23 bits per heavy atom. The van der Waals surface area contributed by atoms with Gasteiger partial charge in [0.15, 0.2) is 0 Å². The van der Waals surface area contributed by atoms with E-state index >= 15 is 0 Å². The standard InChI is InChI=1S/C17H23FN2O2/c1-22-16-11-14(18)7-8-15(16)20-12-17(21)19-10-9-13-5-3-2-4-6-13/h5,7-8,11,20H,2-4,6,9-10,12H2,1H3,(H,19,21). The van der Waals surface area contributed by atoms with Gasteiger partial charge in [0.25, 0.3) is 0 Å². The number of amides is 1. The molecule has 0 atom stereocenters. The lowest BCUT2D eigenvalue weighted by Crippen LogP contribution is -2.30. The van der Waals surface area contributed by atoms with E-state index in [1.165, 1.54) is 37.7 Å². The molecule has 0 saturated heterocycles. The van der Waals surface area contributed by atoms with E-state index in [9.17, 15) is 9.18 Å². The monoisotopic (exact) mass is 306 g/mol. The van der Waals surface area contributed by atoms with Crippen LogP contribution in [-0.4, -0.2) is 26.1 Å². The Morgan fingerprint density at radius 1 is 1.36 bits per heavy atom. The topological polar surface area (TPSA) is 50.4 Å². The summed E-state index contributed by atoms with van der Waals surface area (Å²) in [6.45, 7) is 0.800. The Kier molecular flexibility index (Phi) is 6.25. The minimum absolute atomic E-state index is 0.0808. The molecular weight excluding hydrogens is 283 g/mol. The van der Waals surface area contributed by atoms with Gasteiger partial charge < -0.3 is 15.4 Å². The molecule has 0 spiro atoms. The molecular formula is C17H23FN2O2. The van der Waals surface area contributed by atoms with Gasteiger partial charge in [-0.15, -0.1) is 0 Å². The lowest BCUT2D eigenvalue weighted by atomic mass is 9.97. The molecule has 120 valence electrons. The zero-order chi connectivity index (χ0) is 15.8. The maximum Gasteiger partial charge on any atom is 0.239 e. The lowest BCUT2D eigenvalue weighted by molar-refractivity contribution is -0.119. The first kappa shape index (κ1) is 16.3. The highest BCUT2D eigenvalue weighted by molar-refractivity contribution is 5.81. The molecule has 1 aromatic rings. The third-order valence-corrected chi connectivity index (χ3v) is 3.76. The highest BCUT2D eigenvalue weighted by Crippen LogP contribution is 2.24. The molecule has 0 aliphatic heterocycles. The Hall–Kier alpha value is -2.04. The number of ether oxygens (including phenoxy) is 1. The Balaban J connectivity index is 1.72. The van der Waals surface area contributed by atoms with Crippen LogP contribution in [0.15, 0.2) is 29.8 Å². The number of rotatable bonds is 7. The third-order valence-electron chi connectivity index (χ3n) is 3.76. The first-order chi connectivity index (χ1) is 10.7. The minimum Gasteiger partial charge on any atom is -0.494 e. The van der Waals surface area contributed by atoms with E-state index in [2.05, 4.69) is 16.7 Å². The largest absolute Gasteiger partial charge is 0.494 e. The molecule has 0 unspecified atom stereocenters. The van der Waals surface area contributed by atoms with E-state index in [4.69, 9.17) is 4.74 Å². The van der Waals surface area contributed by atoms with Gasteiger partial charge in [-0.25, -0.2) is 4.39 Å². The van der Waals surface area contributed by atoms with E-state index in [1.54, 1.807) is 6.07 Å². The Bertz CT molecular complexity index is 543. The summed E-state index contributed by atoms with van der Waals surface area (Å²) in [5.41, 5.74) is 2.05. The number of carbonyl (C=O) groups excluding carboxylic acids is 1. The summed E-state index contributed by atoms with van der Waals surface area (Å²) in [5.74, 6) is -0.0597. The molecule has 0 heterocycles. The van der Waals surface area contributed by atoms with Crippen molar-refractivity contribution in [2.45, 2.75) is 32.1 Å². The van der Waals surface area contributed by atoms with Crippen LogP contribution in [0.2, 0.25) is 0 Å². The summed E-state index contributed by atoms with van der Waals surface area (Å²) in [6, 6.07) is 4.18. The van der Waals surface area contributed by atoms with Gasteiger partial charge in [-0.05, 0) is 44.2 Å². The van der Waals surface area contributed by atoms with Crippen molar-refractivity contribution in [3.8, 4) is 5.75 Å². The second kappa shape index (κ2) is 8.41. The van der Waals surface area contributed by atoms with Crippen molar-refractivity contribution < 1.29 is 13.9 Å². The van der Waals surface area contributed by atoms with Gasteiger partial charge >= 0.3 is 0 Å². The molecule has 5 heteroatoms. The van der Waals surface area contributed by atoms with Gasteiger partial charge in [0.05, 0.1) is 19.3 Å². The van der Waals surface area contributed by atoms with Gasteiger partial charge in [-0.2, -0.15) is 0 Å². The number of benzene rings is 1. The summed E-state index contributed by atoms with van der Waals surface area (Å²) in [5, 5.41) is 5.85. The van der Waals surface area contributed by atoms with Crippen molar-refractivity contribution in [1.29, 1.82) is 0 Å². The van der Waals surface area contributed by atoms with Crippen LogP contribution in [0.4, 0.5) is 10.1 Å². The molecule has 4 nitrogen and oxygen atoms in total. The predicted molar refractivity (Wildman–Crippen MR) is 85.6 cm³/mol. The van der Waals surface area contributed by atoms with Crippen molar-refractivity contribution in [2.24, 2.45) is 0 Å². The third kappa shape index (κ3) is 5.06. The average molecular weight is 306 g/mol. The van der Waals surface area contributed by atoms with Crippen molar-refractivity contribution in [3.63, 3.8) is 0 Å². The normalized spacial score (nSPS) is 14.2. The number of hydrogen-bond acceptors (Lipinski definition) is 3. The first-order valence-corrected chi connectivity index (χ1v) is 7.71. The maximum absolute atomic E-state index is 13.1. The molecule has 0 fully saturated rings. The van der Waals surface area contributed by atoms with Crippen LogP contribution in [0.1, 0.15) is 32.1 Å². The summed E-state index contributed by atoms with van der Waals surface area (Å²) >= 11 is 0. The van der Waals surface area contributed by atoms with E-state index in [-0.39, 0.29) is 18.3 Å². The van der Waals surface area contributed by atoms with E-state index in [1.807, 2.05) is 0 Å². The van der Waals surface area contributed by atoms with Crippen molar-refractivity contribution in [1.82, 2.24) is 5.32 Å². The van der Waals surface area contributed by atoms with Crippen molar-refractivity contribution >= 4 is 11.6 Å². The number of anilines is 1. The molecule has 22 heavy (non-hydrogen) atoms. The molecule has 1 amide bonds. The van der Waals surface area contributed by atoms with Gasteiger partial charge in [-0.1, -0.05) is 11.6 Å². The van der Waals surface area contributed by atoms with Crippen LogP contribution in [0.5, 0.6) is 5.75 Å². The molecule has 2 rings (SSSR count). The summed E-state index contributed by atoms with van der Waals surface area (Å²) in [4.78, 5) is 11.8. The number of halogens is 1. The van der Waals surface area contributed by atoms with Crippen LogP contribution < -0.4 is 15.4 Å². The highest BCUT2D eigenvalue weighted by Gasteiger charge is 2.07. The fraction of sp³-hybridized carbons (Fsp3) is 0.471. The maximum atomic E-state index is 13.1. The number of carbonyl (C=O) groups is 1. The Labute approximate surface area is 130 Å². The zero-order valence-corrected chi connectivity index (χ0v) is 13.0. The summed E-state index contributed by atoms with van der Waals surface area (Å²) in [6.07, 6.45) is 8.06. The number of hydrogen-bond donors (Lipinski definition) is 2. The van der Waals surface area contributed by atoms with Crippen LogP contribution in [0.3, 0.4) is 0 Å². The second-order valence-corrected chi connectivity index (χ2v) is 5.41. The average Bonchev–Trinajstić information content (AvgIpc) is 2.54. The number of allylic oxidation sites excluding steroid dienone is 1. The molecule has 2 N–H and O–H groups in total. The summed E-state index contributed by atoms with van der Waals surface area (Å²) in [7, 11) is 1.47. The second-order valence-electron chi connectivity index (χ2n) is 5.41. The first-order valence-electron chi connectivity index (χ1n) is 7.71. The number of methoxy groups -OCH3 is 1. The predicted octanol–water partition coefficient (Wildman–Crippen LogP) is 3.25. The zero-order valence-electron chi connectivity index (χ0n) is 13.0. The SMILES string of the molecule is COc1cc(F)ccc1NCC(=O)NCCC1=CCCCC1. The van der Waals surface area contributed by atoms with Crippen LogP contribution in [0.25, 0.3) is 0 Å². The van der Waals surface area contributed by atoms with Gasteiger partial charge in [0, 0.05) is 12.6 Å². The molecule has 0 radical (unpaired) electrons. The van der Waals surface area contributed by atoms with E-state index < -0.39 is 0 Å². The Morgan fingerprint density at radius 3 is 2.95 bits per heavy atom. The van der Waals surface area contributed by atoms with E-state index in [0.717, 1.165) is 19.3 Å². The molecule has 0 aromatic heterocycles. The lowest BCUT2D eigenvalue weighted by Gasteiger charge is -2.14. The van der Waals surface area contributed by atoms with Gasteiger partial charge in [-0.3, -0.25) is 4.79 Å². The quantitative estimate of drug-likeness (QED) is 0.760. The number of nitrogens with one attached hydrogen (secondary N) is 2. The molecule has 1 aliphatic carbocycles. The van der Waals surface area contributed by atoms with Crippen molar-refractivity contribution in [2.75, 3.05) is 25.5 Å². The van der Waals surface area contributed by atoms with Gasteiger partial charge in [0.1, 0.15) is 11.6 Å². The fourth-order valence-electron chi connectivity index (χ4n) is 2.54. The highest BCUT2D eigenvalue weighted by atomic mass is 19.1. The minimum atomic E-state index is -0.368.